The Morgan fingerprint density at radius 3 is 2.52 bits per heavy atom. The Morgan fingerprint density at radius 2 is 1.84 bits per heavy atom. The molecule has 0 fully saturated rings. The molecule has 0 amide bonds. The molecule has 0 atom stereocenters. The Bertz CT molecular complexity index is 1030. The maximum atomic E-state index is 14.3. The number of nitrogens with one attached hydrogen (secondary N) is 1. The van der Waals surface area contributed by atoms with Gasteiger partial charge in [-0.15, -0.1) is 37.1 Å². The summed E-state index contributed by atoms with van der Waals surface area (Å²) < 4.78 is 61.0. The highest BCUT2D eigenvalue weighted by atomic mass is 127. The molecule has 0 radical (unpaired) electrons. The predicted octanol–water partition coefficient (Wildman–Crippen LogP) is 5.46. The first-order chi connectivity index (χ1) is 14.3. The van der Waals surface area contributed by atoms with Crippen molar-refractivity contribution in [2.45, 2.75) is 12.9 Å². The van der Waals surface area contributed by atoms with Crippen LogP contribution >= 0.6 is 24.0 Å². The fraction of sp³-hybridized carbons (Fsp3) is 0.100. The van der Waals surface area contributed by atoms with Crippen LogP contribution in [-0.4, -0.2) is 17.3 Å². The van der Waals surface area contributed by atoms with Crippen molar-refractivity contribution in [3.05, 3.63) is 78.4 Å². The van der Waals surface area contributed by atoms with Gasteiger partial charge in [-0.2, -0.15) is 0 Å². The Labute approximate surface area is 192 Å². The number of rotatable bonds is 6. The van der Waals surface area contributed by atoms with E-state index in [2.05, 4.69) is 20.0 Å². The maximum Gasteiger partial charge on any atom is 0.573 e. The van der Waals surface area contributed by atoms with Gasteiger partial charge in [0.1, 0.15) is 5.75 Å². The molecule has 0 aliphatic rings. The number of hydrogen-bond donors (Lipinski definition) is 2. The number of anilines is 1. The lowest BCUT2D eigenvalue weighted by atomic mass is 10.2. The number of para-hydroxylation sites is 2. The van der Waals surface area contributed by atoms with Gasteiger partial charge in [-0.3, -0.25) is 4.98 Å². The van der Waals surface area contributed by atoms with E-state index >= 15 is 0 Å². The molecule has 0 unspecified atom stereocenters. The van der Waals surface area contributed by atoms with Gasteiger partial charge in [0.25, 0.3) is 0 Å². The highest BCUT2D eigenvalue weighted by Gasteiger charge is 2.32. The number of halogens is 5. The topological polar surface area (TPSA) is 81.8 Å². The zero-order valence-corrected chi connectivity index (χ0v) is 18.1. The Hall–Kier alpha value is -3.09. The summed E-state index contributed by atoms with van der Waals surface area (Å²) in [5, 5.41) is 2.54. The van der Waals surface area contributed by atoms with Crippen LogP contribution in [0.2, 0.25) is 0 Å². The van der Waals surface area contributed by atoms with Crippen molar-refractivity contribution in [2.24, 2.45) is 10.7 Å². The molecule has 11 heteroatoms. The van der Waals surface area contributed by atoms with Crippen molar-refractivity contribution in [3.8, 4) is 17.2 Å². The van der Waals surface area contributed by atoms with Gasteiger partial charge in [0.2, 0.25) is 0 Å². The van der Waals surface area contributed by atoms with E-state index in [1.165, 1.54) is 36.5 Å². The molecule has 1 aromatic heterocycles. The van der Waals surface area contributed by atoms with Crippen molar-refractivity contribution in [3.63, 3.8) is 0 Å². The highest BCUT2D eigenvalue weighted by Crippen LogP contribution is 2.30. The fourth-order valence-electron chi connectivity index (χ4n) is 2.40. The Kier molecular flexibility index (Phi) is 8.42. The largest absolute Gasteiger partial charge is 0.573 e. The van der Waals surface area contributed by atoms with Crippen LogP contribution in [0.5, 0.6) is 17.2 Å². The van der Waals surface area contributed by atoms with Crippen LogP contribution in [-0.2, 0) is 6.54 Å². The van der Waals surface area contributed by atoms with Gasteiger partial charge in [0.05, 0.1) is 18.4 Å². The number of hydrogen-bond acceptors (Lipinski definition) is 4. The van der Waals surface area contributed by atoms with Crippen LogP contribution in [0, 0.1) is 5.82 Å². The SMILES string of the molecule is I.NC(=NCc1ccc(Oc2cccnc2)c(F)c1)Nc1ccccc1OC(F)(F)F. The first-order valence-corrected chi connectivity index (χ1v) is 8.58. The van der Waals surface area contributed by atoms with Crippen molar-refractivity contribution in [2.75, 3.05) is 5.32 Å². The van der Waals surface area contributed by atoms with E-state index in [1.807, 2.05) is 0 Å². The number of nitrogens with two attached hydrogens (primary N) is 1. The average molecular weight is 548 g/mol. The second-order valence-electron chi connectivity index (χ2n) is 5.93. The maximum absolute atomic E-state index is 14.3. The first kappa shape index (κ1) is 24.2. The molecule has 6 nitrogen and oxygen atoms in total. The molecule has 3 rings (SSSR count). The van der Waals surface area contributed by atoms with Crippen LogP contribution in [0.3, 0.4) is 0 Å². The van der Waals surface area contributed by atoms with Crippen molar-refractivity contribution in [1.29, 1.82) is 0 Å². The number of benzene rings is 2. The van der Waals surface area contributed by atoms with Crippen LogP contribution in [0.15, 0.2) is 72.0 Å². The number of alkyl halides is 3. The zero-order chi connectivity index (χ0) is 21.6. The molecular weight excluding hydrogens is 531 g/mol. The van der Waals surface area contributed by atoms with Crippen molar-refractivity contribution in [1.82, 2.24) is 4.98 Å². The van der Waals surface area contributed by atoms with Gasteiger partial charge < -0.3 is 20.5 Å². The van der Waals surface area contributed by atoms with E-state index in [9.17, 15) is 17.6 Å². The molecule has 0 saturated heterocycles. The number of nitrogens with zero attached hydrogens (tertiary/aromatic N) is 2. The lowest BCUT2D eigenvalue weighted by Gasteiger charge is -2.14. The number of pyridine rings is 1. The van der Waals surface area contributed by atoms with Crippen LogP contribution in [0.25, 0.3) is 0 Å². The number of aromatic nitrogens is 1. The Morgan fingerprint density at radius 1 is 1.06 bits per heavy atom. The van der Waals surface area contributed by atoms with Gasteiger partial charge in [0, 0.05) is 6.20 Å². The molecule has 1 heterocycles. The summed E-state index contributed by atoms with van der Waals surface area (Å²) in [6, 6.07) is 12.9. The van der Waals surface area contributed by atoms with Gasteiger partial charge in [0.15, 0.2) is 23.3 Å². The second kappa shape index (κ2) is 10.8. The average Bonchev–Trinajstić information content (AvgIpc) is 2.69. The quantitative estimate of drug-likeness (QED) is 0.185. The van der Waals surface area contributed by atoms with Crippen molar-refractivity contribution < 1.29 is 27.0 Å². The molecule has 31 heavy (non-hydrogen) atoms. The van der Waals surface area contributed by atoms with Gasteiger partial charge in [-0.25, -0.2) is 9.38 Å². The van der Waals surface area contributed by atoms with E-state index in [4.69, 9.17) is 10.5 Å². The van der Waals surface area contributed by atoms with Crippen molar-refractivity contribution >= 4 is 35.6 Å². The predicted molar refractivity (Wildman–Crippen MR) is 118 cm³/mol. The highest BCUT2D eigenvalue weighted by molar-refractivity contribution is 14.0. The fourth-order valence-corrected chi connectivity index (χ4v) is 2.40. The smallest absolute Gasteiger partial charge is 0.453 e. The third-order valence-corrected chi connectivity index (χ3v) is 3.67. The molecule has 0 aliphatic heterocycles. The minimum atomic E-state index is -4.85. The van der Waals surface area contributed by atoms with E-state index in [0.717, 1.165) is 6.07 Å². The normalized spacial score (nSPS) is 11.4. The van der Waals surface area contributed by atoms with Crippen LogP contribution < -0.4 is 20.5 Å². The lowest BCUT2D eigenvalue weighted by molar-refractivity contribution is -0.274. The third kappa shape index (κ3) is 7.59. The van der Waals surface area contributed by atoms with E-state index < -0.39 is 17.9 Å². The second-order valence-corrected chi connectivity index (χ2v) is 5.93. The van der Waals surface area contributed by atoms with E-state index in [1.54, 1.807) is 24.4 Å². The lowest BCUT2D eigenvalue weighted by Crippen LogP contribution is -2.24. The van der Waals surface area contributed by atoms with Gasteiger partial charge >= 0.3 is 6.36 Å². The van der Waals surface area contributed by atoms with Crippen LogP contribution in [0.1, 0.15) is 5.56 Å². The van der Waals surface area contributed by atoms with E-state index in [-0.39, 0.29) is 47.9 Å². The first-order valence-electron chi connectivity index (χ1n) is 8.58. The summed E-state index contributed by atoms with van der Waals surface area (Å²) in [4.78, 5) is 7.89. The zero-order valence-electron chi connectivity index (χ0n) is 15.8. The summed E-state index contributed by atoms with van der Waals surface area (Å²) in [6.45, 7) is -0.00871. The monoisotopic (exact) mass is 548 g/mol. The number of ether oxygens (including phenoxy) is 2. The minimum Gasteiger partial charge on any atom is -0.453 e. The minimum absolute atomic E-state index is 0. The van der Waals surface area contributed by atoms with Crippen LogP contribution in [0.4, 0.5) is 23.2 Å². The third-order valence-electron chi connectivity index (χ3n) is 3.67. The molecule has 0 saturated carbocycles. The summed E-state index contributed by atoms with van der Waals surface area (Å²) in [6.07, 6.45) is -1.83. The Balaban J connectivity index is 0.00000341. The van der Waals surface area contributed by atoms with Gasteiger partial charge in [-0.1, -0.05) is 18.2 Å². The molecular formula is C20H17F4IN4O2. The molecule has 164 valence electrons. The molecule has 0 aliphatic carbocycles. The van der Waals surface area contributed by atoms with E-state index in [0.29, 0.717) is 11.3 Å². The molecule has 3 N–H and O–H groups in total. The molecule has 2 aromatic carbocycles. The number of aliphatic imine (C=N–C) groups is 1. The summed E-state index contributed by atoms with van der Waals surface area (Å²) in [5.41, 5.74) is 6.20. The summed E-state index contributed by atoms with van der Waals surface area (Å²) in [7, 11) is 0. The summed E-state index contributed by atoms with van der Waals surface area (Å²) >= 11 is 0. The molecule has 3 aromatic rings. The number of guanidine groups is 1. The molecule has 0 spiro atoms. The van der Waals surface area contributed by atoms with Gasteiger partial charge in [-0.05, 0) is 42.0 Å². The standard InChI is InChI=1S/C20H16F4N4O2.HI/c21-15-10-13(7-8-17(15)29-14-4-3-9-26-12-14)11-27-19(25)28-16-5-1-2-6-18(16)30-20(22,23)24;/h1-10,12H,11H2,(H3,25,27,28);1H. The molecule has 0 bridgehead atoms. The summed E-state index contributed by atoms with van der Waals surface area (Å²) in [5.74, 6) is -0.826.